The van der Waals surface area contributed by atoms with E-state index >= 15 is 0 Å². The van der Waals surface area contributed by atoms with Crippen LogP contribution in [0.25, 0.3) is 0 Å². The Hall–Kier alpha value is -1.07. The quantitative estimate of drug-likeness (QED) is 0.898. The summed E-state index contributed by atoms with van der Waals surface area (Å²) in [4.78, 5) is 11.2. The summed E-state index contributed by atoms with van der Waals surface area (Å²) >= 11 is 3.48. The molecule has 0 aliphatic heterocycles. The topological polar surface area (TPSA) is 64.3 Å². The highest BCUT2D eigenvalue weighted by Crippen LogP contribution is 2.38. The first kappa shape index (κ1) is 14.0. The van der Waals surface area contributed by atoms with Crippen molar-refractivity contribution in [3.63, 3.8) is 0 Å². The fourth-order valence-electron chi connectivity index (χ4n) is 1.65. The number of benzene rings is 1. The van der Waals surface area contributed by atoms with Crippen LogP contribution in [0.4, 0.5) is 5.69 Å². The Morgan fingerprint density at radius 2 is 2.24 bits per heavy atom. The van der Waals surface area contributed by atoms with E-state index in [2.05, 4.69) is 21.2 Å². The molecule has 0 saturated heterocycles. The SMILES string of the molecule is COc1ccc(Br)c(C(C)CN)c1NC(C)=O. The molecule has 1 atom stereocenters. The monoisotopic (exact) mass is 300 g/mol. The van der Waals surface area contributed by atoms with Crippen molar-refractivity contribution in [2.75, 3.05) is 19.0 Å². The minimum atomic E-state index is -0.133. The van der Waals surface area contributed by atoms with Crippen LogP contribution in [-0.4, -0.2) is 19.6 Å². The number of ether oxygens (including phenoxy) is 1. The minimum absolute atomic E-state index is 0.126. The first-order chi connectivity index (χ1) is 8.01. The summed E-state index contributed by atoms with van der Waals surface area (Å²) in [6.07, 6.45) is 0. The van der Waals surface area contributed by atoms with Crippen LogP contribution in [0.1, 0.15) is 25.3 Å². The molecule has 0 fully saturated rings. The van der Waals surface area contributed by atoms with E-state index in [1.165, 1.54) is 6.92 Å². The molecule has 1 aromatic rings. The summed E-state index contributed by atoms with van der Waals surface area (Å²) in [5.74, 6) is 0.631. The largest absolute Gasteiger partial charge is 0.495 e. The number of methoxy groups -OCH3 is 1. The molecule has 1 unspecified atom stereocenters. The number of rotatable bonds is 4. The van der Waals surface area contributed by atoms with Gasteiger partial charge < -0.3 is 15.8 Å². The maximum Gasteiger partial charge on any atom is 0.221 e. The Balaban J connectivity index is 3.36. The van der Waals surface area contributed by atoms with Crippen LogP contribution < -0.4 is 15.8 Å². The Labute approximate surface area is 110 Å². The lowest BCUT2D eigenvalue weighted by Gasteiger charge is -2.19. The number of amides is 1. The van der Waals surface area contributed by atoms with E-state index in [0.717, 1.165) is 10.0 Å². The lowest BCUT2D eigenvalue weighted by atomic mass is 9.98. The average Bonchev–Trinajstić information content (AvgIpc) is 2.28. The smallest absolute Gasteiger partial charge is 0.221 e. The van der Waals surface area contributed by atoms with Crippen molar-refractivity contribution in [3.8, 4) is 5.75 Å². The van der Waals surface area contributed by atoms with Gasteiger partial charge in [-0.15, -0.1) is 0 Å². The van der Waals surface area contributed by atoms with Crippen LogP contribution in [-0.2, 0) is 4.79 Å². The van der Waals surface area contributed by atoms with Gasteiger partial charge in [0, 0.05) is 11.4 Å². The molecule has 0 saturated carbocycles. The van der Waals surface area contributed by atoms with Crippen LogP contribution in [0.5, 0.6) is 5.75 Å². The lowest BCUT2D eigenvalue weighted by Crippen LogP contribution is -2.15. The van der Waals surface area contributed by atoms with Crippen LogP contribution in [0.2, 0.25) is 0 Å². The van der Waals surface area contributed by atoms with Crippen LogP contribution in [0.3, 0.4) is 0 Å². The van der Waals surface area contributed by atoms with Gasteiger partial charge in [-0.2, -0.15) is 0 Å². The van der Waals surface area contributed by atoms with Gasteiger partial charge in [0.05, 0.1) is 12.8 Å². The minimum Gasteiger partial charge on any atom is -0.495 e. The maximum atomic E-state index is 11.2. The van der Waals surface area contributed by atoms with Crippen molar-refractivity contribution in [1.82, 2.24) is 0 Å². The fourth-order valence-corrected chi connectivity index (χ4v) is 2.37. The van der Waals surface area contributed by atoms with Crippen LogP contribution in [0.15, 0.2) is 16.6 Å². The first-order valence-electron chi connectivity index (χ1n) is 5.35. The van der Waals surface area contributed by atoms with Crippen LogP contribution >= 0.6 is 15.9 Å². The molecule has 0 aliphatic carbocycles. The maximum absolute atomic E-state index is 11.2. The Morgan fingerprint density at radius 1 is 1.59 bits per heavy atom. The summed E-state index contributed by atoms with van der Waals surface area (Å²) < 4.78 is 6.18. The highest BCUT2D eigenvalue weighted by molar-refractivity contribution is 9.10. The van der Waals surface area contributed by atoms with E-state index in [1.807, 2.05) is 19.1 Å². The van der Waals surface area contributed by atoms with Gasteiger partial charge >= 0.3 is 0 Å². The first-order valence-corrected chi connectivity index (χ1v) is 6.14. The second-order valence-corrected chi connectivity index (χ2v) is 4.71. The molecule has 3 N–H and O–H groups in total. The standard InChI is InChI=1S/C12H17BrN2O2/c1-7(6-14)11-9(13)4-5-10(17-3)12(11)15-8(2)16/h4-5,7H,6,14H2,1-3H3,(H,15,16). The zero-order valence-corrected chi connectivity index (χ0v) is 11.8. The number of hydrogen-bond donors (Lipinski definition) is 2. The van der Waals surface area contributed by atoms with E-state index in [0.29, 0.717) is 18.0 Å². The molecule has 0 spiro atoms. The number of nitrogens with one attached hydrogen (secondary N) is 1. The van der Waals surface area contributed by atoms with E-state index in [1.54, 1.807) is 7.11 Å². The summed E-state index contributed by atoms with van der Waals surface area (Å²) in [5.41, 5.74) is 7.34. The number of anilines is 1. The number of carbonyl (C=O) groups is 1. The van der Waals surface area contributed by atoms with Crippen molar-refractivity contribution in [1.29, 1.82) is 0 Å². The van der Waals surface area contributed by atoms with Crippen LogP contribution in [0, 0.1) is 0 Å². The molecule has 1 rings (SSSR count). The number of carbonyl (C=O) groups excluding carboxylic acids is 1. The third kappa shape index (κ3) is 3.20. The molecule has 0 aliphatic rings. The molecule has 5 heteroatoms. The van der Waals surface area contributed by atoms with Crippen molar-refractivity contribution in [2.24, 2.45) is 5.73 Å². The molecule has 0 heterocycles. The third-order valence-corrected chi connectivity index (χ3v) is 3.21. The third-order valence-electron chi connectivity index (χ3n) is 2.52. The zero-order chi connectivity index (χ0) is 13.0. The van der Waals surface area contributed by atoms with Crippen molar-refractivity contribution in [3.05, 3.63) is 22.2 Å². The Bertz CT molecular complexity index is 421. The molecule has 1 aromatic carbocycles. The highest BCUT2D eigenvalue weighted by atomic mass is 79.9. The highest BCUT2D eigenvalue weighted by Gasteiger charge is 2.18. The van der Waals surface area contributed by atoms with E-state index in [9.17, 15) is 4.79 Å². The van der Waals surface area contributed by atoms with Gasteiger partial charge in [-0.3, -0.25) is 4.79 Å². The van der Waals surface area contributed by atoms with Gasteiger partial charge in [-0.05, 0) is 30.2 Å². The fraction of sp³-hybridized carbons (Fsp3) is 0.417. The molecule has 1 amide bonds. The second kappa shape index (κ2) is 6.02. The Kier molecular flexibility index (Phi) is 4.96. The number of halogens is 1. The summed E-state index contributed by atoms with van der Waals surface area (Å²) in [6.45, 7) is 3.97. The zero-order valence-electron chi connectivity index (χ0n) is 10.2. The second-order valence-electron chi connectivity index (χ2n) is 3.86. The van der Waals surface area contributed by atoms with Gasteiger partial charge in [0.2, 0.25) is 5.91 Å². The van der Waals surface area contributed by atoms with E-state index in [4.69, 9.17) is 10.5 Å². The van der Waals surface area contributed by atoms with Gasteiger partial charge in [-0.1, -0.05) is 22.9 Å². The lowest BCUT2D eigenvalue weighted by molar-refractivity contribution is -0.114. The molecule has 94 valence electrons. The van der Waals surface area contributed by atoms with Crippen molar-refractivity contribution < 1.29 is 9.53 Å². The van der Waals surface area contributed by atoms with Gasteiger partial charge in [0.1, 0.15) is 5.75 Å². The van der Waals surface area contributed by atoms with Crippen molar-refractivity contribution in [2.45, 2.75) is 19.8 Å². The Morgan fingerprint density at radius 3 is 2.71 bits per heavy atom. The molecule has 17 heavy (non-hydrogen) atoms. The predicted octanol–water partition coefficient (Wildman–Crippen LogP) is 2.48. The van der Waals surface area contributed by atoms with E-state index < -0.39 is 0 Å². The molecule has 4 nitrogen and oxygen atoms in total. The normalized spacial score (nSPS) is 12.1. The van der Waals surface area contributed by atoms with Crippen molar-refractivity contribution >= 4 is 27.5 Å². The molecule has 0 aromatic heterocycles. The molecular weight excluding hydrogens is 284 g/mol. The van der Waals surface area contributed by atoms with Gasteiger partial charge in [-0.25, -0.2) is 0 Å². The average molecular weight is 301 g/mol. The predicted molar refractivity (Wildman–Crippen MR) is 72.5 cm³/mol. The van der Waals surface area contributed by atoms with Gasteiger partial charge in [0.15, 0.2) is 0 Å². The number of nitrogens with two attached hydrogens (primary N) is 1. The summed E-state index contributed by atoms with van der Waals surface area (Å²) in [6, 6.07) is 3.70. The molecule has 0 radical (unpaired) electrons. The van der Waals surface area contributed by atoms with Gasteiger partial charge in [0.25, 0.3) is 0 Å². The summed E-state index contributed by atoms with van der Waals surface area (Å²) in [7, 11) is 1.57. The molecular formula is C12H17BrN2O2. The number of hydrogen-bond acceptors (Lipinski definition) is 3. The van der Waals surface area contributed by atoms with E-state index in [-0.39, 0.29) is 11.8 Å². The summed E-state index contributed by atoms with van der Waals surface area (Å²) in [5, 5.41) is 2.80. The molecule has 0 bridgehead atoms.